The van der Waals surface area contributed by atoms with Crippen molar-refractivity contribution < 1.29 is 9.59 Å². The van der Waals surface area contributed by atoms with Crippen LogP contribution in [-0.2, 0) is 9.59 Å². The van der Waals surface area contributed by atoms with Gasteiger partial charge in [-0.05, 0) is 19.3 Å². The summed E-state index contributed by atoms with van der Waals surface area (Å²) in [6.07, 6.45) is 4.24. The number of hydrogen-bond donors (Lipinski definition) is 0. The minimum absolute atomic E-state index is 0.264. The van der Waals surface area contributed by atoms with Crippen molar-refractivity contribution in [3.05, 3.63) is 0 Å². The predicted molar refractivity (Wildman–Crippen MR) is 73.6 cm³/mol. The first-order valence-corrected chi connectivity index (χ1v) is 8.06. The van der Waals surface area contributed by atoms with E-state index in [9.17, 15) is 9.59 Å². The molecule has 0 radical (unpaired) electrons. The van der Waals surface area contributed by atoms with Crippen molar-refractivity contribution in [2.24, 2.45) is 0 Å². The van der Waals surface area contributed by atoms with Crippen LogP contribution in [0.1, 0.15) is 32.1 Å². The van der Waals surface area contributed by atoms with E-state index < -0.39 is 0 Å². The minimum Gasteiger partial charge on any atom is -0.343 e. The van der Waals surface area contributed by atoms with Gasteiger partial charge < -0.3 is 9.80 Å². The van der Waals surface area contributed by atoms with Gasteiger partial charge in [0.25, 0.3) is 0 Å². The van der Waals surface area contributed by atoms with Gasteiger partial charge in [0.15, 0.2) is 0 Å². The molecule has 5 heteroatoms. The van der Waals surface area contributed by atoms with Crippen molar-refractivity contribution >= 4 is 23.6 Å². The van der Waals surface area contributed by atoms with Gasteiger partial charge in [0.05, 0.1) is 0 Å². The molecule has 0 aliphatic carbocycles. The second-order valence-electron chi connectivity index (χ2n) is 4.93. The van der Waals surface area contributed by atoms with Crippen LogP contribution in [0.4, 0.5) is 0 Å². The lowest BCUT2D eigenvalue weighted by molar-refractivity contribution is -0.135. The highest BCUT2D eigenvalue weighted by molar-refractivity contribution is 7.99. The highest BCUT2D eigenvalue weighted by Gasteiger charge is 2.19. The summed E-state index contributed by atoms with van der Waals surface area (Å²) in [6.45, 7) is 3.43. The Labute approximate surface area is 113 Å². The molecule has 2 heterocycles. The van der Waals surface area contributed by atoms with E-state index in [1.165, 1.54) is 0 Å². The Balaban J connectivity index is 1.64. The summed E-state index contributed by atoms with van der Waals surface area (Å²) in [5.74, 6) is 2.66. The van der Waals surface area contributed by atoms with E-state index in [0.29, 0.717) is 12.8 Å². The zero-order valence-electron chi connectivity index (χ0n) is 10.9. The van der Waals surface area contributed by atoms with E-state index in [0.717, 1.165) is 56.9 Å². The van der Waals surface area contributed by atoms with E-state index in [4.69, 9.17) is 0 Å². The average Bonchev–Trinajstić information content (AvgIpc) is 2.42. The quantitative estimate of drug-likeness (QED) is 0.774. The Morgan fingerprint density at radius 2 is 1.94 bits per heavy atom. The molecule has 2 fully saturated rings. The molecule has 2 saturated heterocycles. The Hall–Kier alpha value is -0.710. The molecule has 0 aromatic heterocycles. The van der Waals surface area contributed by atoms with Crippen molar-refractivity contribution in [1.82, 2.24) is 9.80 Å². The second kappa shape index (κ2) is 7.02. The molecule has 2 amide bonds. The fraction of sp³-hybridized carbons (Fsp3) is 0.846. The van der Waals surface area contributed by atoms with Crippen LogP contribution in [0.5, 0.6) is 0 Å². The number of carbonyl (C=O) groups excluding carboxylic acids is 2. The predicted octanol–water partition coefficient (Wildman–Crippen LogP) is 1.35. The maximum atomic E-state index is 11.9. The summed E-state index contributed by atoms with van der Waals surface area (Å²) in [6, 6.07) is 0. The minimum atomic E-state index is 0.264. The van der Waals surface area contributed by atoms with Crippen LogP contribution < -0.4 is 0 Å². The Bertz CT molecular complexity index is 303. The summed E-state index contributed by atoms with van der Waals surface area (Å²) in [4.78, 5) is 27.4. The largest absolute Gasteiger partial charge is 0.343 e. The molecule has 0 bridgehead atoms. The van der Waals surface area contributed by atoms with Crippen LogP contribution in [-0.4, -0.2) is 59.3 Å². The van der Waals surface area contributed by atoms with Gasteiger partial charge in [-0.25, -0.2) is 0 Å². The molecule has 2 rings (SSSR count). The first-order chi connectivity index (χ1) is 8.77. The first-order valence-electron chi connectivity index (χ1n) is 6.90. The number of thioether (sulfide) groups is 1. The topological polar surface area (TPSA) is 40.6 Å². The first kappa shape index (κ1) is 13.7. The van der Waals surface area contributed by atoms with Crippen LogP contribution in [0.2, 0.25) is 0 Å². The average molecular weight is 270 g/mol. The van der Waals surface area contributed by atoms with Crippen LogP contribution in [0.3, 0.4) is 0 Å². The standard InChI is InChI=1S/C13H22N2O2S/c16-12-4-1-2-6-14(12)7-3-5-13(17)15-8-10-18-11-9-15/h1-11H2. The molecule has 0 aromatic carbocycles. The Morgan fingerprint density at radius 1 is 1.17 bits per heavy atom. The van der Waals surface area contributed by atoms with Gasteiger partial charge >= 0.3 is 0 Å². The molecule has 0 N–H and O–H groups in total. The van der Waals surface area contributed by atoms with Crippen molar-refractivity contribution in [3.63, 3.8) is 0 Å². The van der Waals surface area contributed by atoms with Crippen LogP contribution in [0.25, 0.3) is 0 Å². The van der Waals surface area contributed by atoms with Gasteiger partial charge in [0, 0.05) is 50.5 Å². The number of carbonyl (C=O) groups is 2. The van der Waals surface area contributed by atoms with E-state index in [1.807, 2.05) is 21.6 Å². The molecule has 2 aliphatic heterocycles. The molecular weight excluding hydrogens is 248 g/mol. The zero-order valence-corrected chi connectivity index (χ0v) is 11.7. The molecular formula is C13H22N2O2S. The van der Waals surface area contributed by atoms with Gasteiger partial charge in [-0.15, -0.1) is 0 Å². The molecule has 0 aromatic rings. The van der Waals surface area contributed by atoms with Crippen molar-refractivity contribution in [1.29, 1.82) is 0 Å². The normalized spacial score (nSPS) is 21.2. The molecule has 0 spiro atoms. The Morgan fingerprint density at radius 3 is 2.67 bits per heavy atom. The number of likely N-dealkylation sites (tertiary alicyclic amines) is 1. The molecule has 0 unspecified atom stereocenters. The number of piperidine rings is 1. The second-order valence-corrected chi connectivity index (χ2v) is 6.16. The molecule has 18 heavy (non-hydrogen) atoms. The third-order valence-corrected chi connectivity index (χ3v) is 4.55. The lowest BCUT2D eigenvalue weighted by atomic mass is 10.1. The molecule has 4 nitrogen and oxygen atoms in total. The van der Waals surface area contributed by atoms with E-state index in [2.05, 4.69) is 0 Å². The zero-order chi connectivity index (χ0) is 12.8. The smallest absolute Gasteiger partial charge is 0.222 e. The van der Waals surface area contributed by atoms with Crippen molar-refractivity contribution in [2.75, 3.05) is 37.7 Å². The van der Waals surface area contributed by atoms with Crippen LogP contribution in [0.15, 0.2) is 0 Å². The van der Waals surface area contributed by atoms with Gasteiger partial charge in [0.1, 0.15) is 0 Å². The third kappa shape index (κ3) is 3.90. The highest BCUT2D eigenvalue weighted by Crippen LogP contribution is 2.13. The fourth-order valence-corrected chi connectivity index (χ4v) is 3.39. The van der Waals surface area contributed by atoms with Crippen molar-refractivity contribution in [2.45, 2.75) is 32.1 Å². The molecule has 2 aliphatic rings. The lowest BCUT2D eigenvalue weighted by Crippen LogP contribution is -2.39. The summed E-state index contributed by atoms with van der Waals surface area (Å²) in [7, 11) is 0. The molecule has 0 atom stereocenters. The summed E-state index contributed by atoms with van der Waals surface area (Å²) in [5, 5.41) is 0. The SMILES string of the molecule is O=C1CCCCN1CCCC(=O)N1CCSCC1. The summed E-state index contributed by atoms with van der Waals surface area (Å²) in [5.41, 5.74) is 0. The highest BCUT2D eigenvalue weighted by atomic mass is 32.2. The summed E-state index contributed by atoms with van der Waals surface area (Å²) >= 11 is 1.92. The maximum absolute atomic E-state index is 11.9. The third-order valence-electron chi connectivity index (χ3n) is 3.60. The monoisotopic (exact) mass is 270 g/mol. The van der Waals surface area contributed by atoms with E-state index >= 15 is 0 Å². The van der Waals surface area contributed by atoms with E-state index in [-0.39, 0.29) is 11.8 Å². The lowest BCUT2D eigenvalue weighted by Gasteiger charge is -2.28. The number of nitrogens with zero attached hydrogens (tertiary/aromatic N) is 2. The van der Waals surface area contributed by atoms with E-state index in [1.54, 1.807) is 0 Å². The van der Waals surface area contributed by atoms with Gasteiger partial charge in [-0.2, -0.15) is 11.8 Å². The number of amides is 2. The summed E-state index contributed by atoms with van der Waals surface area (Å²) < 4.78 is 0. The fourth-order valence-electron chi connectivity index (χ4n) is 2.49. The Kier molecular flexibility index (Phi) is 5.35. The number of hydrogen-bond acceptors (Lipinski definition) is 3. The van der Waals surface area contributed by atoms with Crippen LogP contribution >= 0.6 is 11.8 Å². The van der Waals surface area contributed by atoms with Gasteiger partial charge in [-0.1, -0.05) is 0 Å². The van der Waals surface area contributed by atoms with Crippen molar-refractivity contribution in [3.8, 4) is 0 Å². The number of rotatable bonds is 4. The molecule has 102 valence electrons. The molecule has 0 saturated carbocycles. The maximum Gasteiger partial charge on any atom is 0.222 e. The van der Waals surface area contributed by atoms with Crippen LogP contribution in [0, 0.1) is 0 Å². The van der Waals surface area contributed by atoms with Gasteiger partial charge in [-0.3, -0.25) is 9.59 Å². The van der Waals surface area contributed by atoms with Gasteiger partial charge in [0.2, 0.25) is 11.8 Å².